The van der Waals surface area contributed by atoms with E-state index in [2.05, 4.69) is 0 Å². The van der Waals surface area contributed by atoms with Crippen molar-refractivity contribution in [1.82, 2.24) is 0 Å². The predicted molar refractivity (Wildman–Crippen MR) is 92.4 cm³/mol. The Labute approximate surface area is 136 Å². The summed E-state index contributed by atoms with van der Waals surface area (Å²) < 4.78 is 21.2. The van der Waals surface area contributed by atoms with Crippen LogP contribution in [0.5, 0.6) is 23.0 Å². The molecule has 0 aliphatic rings. The summed E-state index contributed by atoms with van der Waals surface area (Å²) in [7, 11) is 6.31. The Kier molecular flexibility index (Phi) is 5.36. The Morgan fingerprint density at radius 3 is 1.96 bits per heavy atom. The van der Waals surface area contributed by atoms with E-state index in [0.29, 0.717) is 22.9 Å². The fraction of sp³-hybridized carbons (Fsp3) is 0.222. The standard InChI is InChI=1S/C18H21NO4/c1-20-14-9-6-12(7-10-14)5-8-13-11-15(21-2)17(22-3)18(23-4)16(13)19/h5-11H,19H2,1-4H3/b8-5+. The minimum atomic E-state index is 0.459. The van der Waals surface area contributed by atoms with Crippen LogP contribution in [-0.2, 0) is 0 Å². The minimum Gasteiger partial charge on any atom is -0.497 e. The van der Waals surface area contributed by atoms with Gasteiger partial charge < -0.3 is 24.7 Å². The number of nitrogen functional groups attached to an aromatic ring is 1. The molecule has 2 aromatic carbocycles. The molecule has 0 bridgehead atoms. The van der Waals surface area contributed by atoms with Gasteiger partial charge in [0.25, 0.3) is 0 Å². The Balaban J connectivity index is 2.40. The van der Waals surface area contributed by atoms with Crippen molar-refractivity contribution in [2.75, 3.05) is 34.2 Å². The fourth-order valence-corrected chi connectivity index (χ4v) is 2.24. The maximum atomic E-state index is 6.17. The molecule has 0 aromatic heterocycles. The molecule has 0 saturated carbocycles. The van der Waals surface area contributed by atoms with Crippen molar-refractivity contribution in [2.45, 2.75) is 0 Å². The van der Waals surface area contributed by atoms with Crippen LogP contribution in [0, 0.1) is 0 Å². The molecule has 5 heteroatoms. The van der Waals surface area contributed by atoms with Crippen molar-refractivity contribution >= 4 is 17.8 Å². The van der Waals surface area contributed by atoms with Gasteiger partial charge in [0.2, 0.25) is 5.75 Å². The minimum absolute atomic E-state index is 0.459. The molecule has 0 heterocycles. The van der Waals surface area contributed by atoms with Crippen LogP contribution in [0.3, 0.4) is 0 Å². The van der Waals surface area contributed by atoms with Crippen molar-refractivity contribution < 1.29 is 18.9 Å². The normalized spacial score (nSPS) is 10.6. The molecule has 2 rings (SSSR count). The quantitative estimate of drug-likeness (QED) is 0.653. The summed E-state index contributed by atoms with van der Waals surface area (Å²) in [5.74, 6) is 2.32. The highest BCUT2D eigenvalue weighted by atomic mass is 16.5. The topological polar surface area (TPSA) is 62.9 Å². The Morgan fingerprint density at radius 2 is 1.43 bits per heavy atom. The van der Waals surface area contributed by atoms with Gasteiger partial charge in [-0.3, -0.25) is 0 Å². The lowest BCUT2D eigenvalue weighted by molar-refractivity contribution is 0.325. The lowest BCUT2D eigenvalue weighted by atomic mass is 10.1. The molecule has 0 aliphatic heterocycles. The van der Waals surface area contributed by atoms with E-state index in [1.165, 1.54) is 0 Å². The van der Waals surface area contributed by atoms with Crippen LogP contribution in [0.4, 0.5) is 5.69 Å². The third-order valence-corrected chi connectivity index (χ3v) is 3.47. The lowest BCUT2D eigenvalue weighted by Gasteiger charge is -2.15. The van der Waals surface area contributed by atoms with E-state index >= 15 is 0 Å². The van der Waals surface area contributed by atoms with Crippen molar-refractivity contribution in [2.24, 2.45) is 0 Å². The molecule has 0 aliphatic carbocycles. The molecular formula is C18H21NO4. The summed E-state index contributed by atoms with van der Waals surface area (Å²) >= 11 is 0. The SMILES string of the molecule is COc1ccc(/C=C/c2cc(OC)c(OC)c(OC)c2N)cc1. The second-order valence-corrected chi connectivity index (χ2v) is 4.75. The smallest absolute Gasteiger partial charge is 0.205 e. The molecule has 23 heavy (non-hydrogen) atoms. The molecule has 0 atom stereocenters. The molecule has 122 valence electrons. The van der Waals surface area contributed by atoms with Crippen molar-refractivity contribution in [3.05, 3.63) is 41.5 Å². The van der Waals surface area contributed by atoms with E-state index in [1.807, 2.05) is 42.5 Å². The zero-order chi connectivity index (χ0) is 16.8. The number of benzene rings is 2. The maximum Gasteiger partial charge on any atom is 0.205 e. The third-order valence-electron chi connectivity index (χ3n) is 3.47. The van der Waals surface area contributed by atoms with Gasteiger partial charge in [0, 0.05) is 5.56 Å². The number of ether oxygens (including phenoxy) is 4. The fourth-order valence-electron chi connectivity index (χ4n) is 2.24. The van der Waals surface area contributed by atoms with Crippen LogP contribution < -0.4 is 24.7 Å². The highest BCUT2D eigenvalue weighted by Crippen LogP contribution is 2.44. The third kappa shape index (κ3) is 3.51. The van der Waals surface area contributed by atoms with Crippen LogP contribution in [0.1, 0.15) is 11.1 Å². The van der Waals surface area contributed by atoms with Gasteiger partial charge in [-0.1, -0.05) is 24.3 Å². The van der Waals surface area contributed by atoms with Crippen LogP contribution in [-0.4, -0.2) is 28.4 Å². The number of nitrogens with two attached hydrogens (primary N) is 1. The molecule has 0 amide bonds. The highest BCUT2D eigenvalue weighted by molar-refractivity contribution is 5.82. The van der Waals surface area contributed by atoms with Crippen LogP contribution in [0.15, 0.2) is 30.3 Å². The number of rotatable bonds is 6. The number of methoxy groups -OCH3 is 4. The number of hydrogen-bond acceptors (Lipinski definition) is 5. The van der Waals surface area contributed by atoms with Gasteiger partial charge in [-0.15, -0.1) is 0 Å². The van der Waals surface area contributed by atoms with E-state index in [4.69, 9.17) is 24.7 Å². The zero-order valence-corrected chi connectivity index (χ0v) is 13.8. The molecule has 0 spiro atoms. The maximum absolute atomic E-state index is 6.17. The van der Waals surface area contributed by atoms with Gasteiger partial charge >= 0.3 is 0 Å². The van der Waals surface area contributed by atoms with Gasteiger partial charge in [-0.05, 0) is 23.8 Å². The van der Waals surface area contributed by atoms with Gasteiger partial charge in [-0.25, -0.2) is 0 Å². The largest absolute Gasteiger partial charge is 0.497 e. The first kappa shape index (κ1) is 16.5. The predicted octanol–water partition coefficient (Wildman–Crippen LogP) is 3.47. The molecule has 5 nitrogen and oxygen atoms in total. The Morgan fingerprint density at radius 1 is 0.783 bits per heavy atom. The summed E-state index contributed by atoms with van der Waals surface area (Å²) in [5, 5.41) is 0. The summed E-state index contributed by atoms with van der Waals surface area (Å²) in [6.45, 7) is 0. The van der Waals surface area contributed by atoms with Crippen LogP contribution >= 0.6 is 0 Å². The van der Waals surface area contributed by atoms with Gasteiger partial charge in [0.15, 0.2) is 11.5 Å². The van der Waals surface area contributed by atoms with E-state index in [1.54, 1.807) is 28.4 Å². The molecule has 0 fully saturated rings. The van der Waals surface area contributed by atoms with Crippen molar-refractivity contribution in [3.63, 3.8) is 0 Å². The summed E-state index contributed by atoms with van der Waals surface area (Å²) in [5.41, 5.74) is 8.48. The first-order valence-corrected chi connectivity index (χ1v) is 7.05. The van der Waals surface area contributed by atoms with E-state index in [0.717, 1.165) is 16.9 Å². The molecule has 0 radical (unpaired) electrons. The number of anilines is 1. The first-order valence-electron chi connectivity index (χ1n) is 7.05. The second kappa shape index (κ2) is 7.45. The molecule has 0 unspecified atom stereocenters. The lowest BCUT2D eigenvalue weighted by Crippen LogP contribution is -2.01. The van der Waals surface area contributed by atoms with E-state index < -0.39 is 0 Å². The van der Waals surface area contributed by atoms with Crippen molar-refractivity contribution in [3.8, 4) is 23.0 Å². The molecular weight excluding hydrogens is 294 g/mol. The van der Waals surface area contributed by atoms with Gasteiger partial charge in [0.05, 0.1) is 34.1 Å². The summed E-state index contributed by atoms with van der Waals surface area (Å²) in [6, 6.07) is 9.54. The second-order valence-electron chi connectivity index (χ2n) is 4.75. The van der Waals surface area contributed by atoms with Crippen molar-refractivity contribution in [1.29, 1.82) is 0 Å². The highest BCUT2D eigenvalue weighted by Gasteiger charge is 2.17. The average Bonchev–Trinajstić information content (AvgIpc) is 2.60. The summed E-state index contributed by atoms with van der Waals surface area (Å²) in [4.78, 5) is 0. The van der Waals surface area contributed by atoms with E-state index in [9.17, 15) is 0 Å². The summed E-state index contributed by atoms with van der Waals surface area (Å²) in [6.07, 6.45) is 3.86. The molecule has 0 saturated heterocycles. The average molecular weight is 315 g/mol. The Bertz CT molecular complexity index is 693. The van der Waals surface area contributed by atoms with E-state index in [-0.39, 0.29) is 0 Å². The monoisotopic (exact) mass is 315 g/mol. The Hall–Kier alpha value is -2.82. The van der Waals surface area contributed by atoms with Gasteiger partial charge in [0.1, 0.15) is 5.75 Å². The van der Waals surface area contributed by atoms with Gasteiger partial charge in [-0.2, -0.15) is 0 Å². The first-order chi connectivity index (χ1) is 11.1. The van der Waals surface area contributed by atoms with Crippen LogP contribution in [0.2, 0.25) is 0 Å². The number of hydrogen-bond donors (Lipinski definition) is 1. The van der Waals surface area contributed by atoms with Crippen LogP contribution in [0.25, 0.3) is 12.2 Å². The zero-order valence-electron chi connectivity index (χ0n) is 13.8. The molecule has 2 N–H and O–H groups in total. The molecule has 2 aromatic rings.